The second-order valence-corrected chi connectivity index (χ2v) is 7.36. The van der Waals surface area contributed by atoms with Crippen molar-refractivity contribution in [3.05, 3.63) is 0 Å². The van der Waals surface area contributed by atoms with Gasteiger partial charge in [-0.25, -0.2) is 0 Å². The largest absolute Gasteiger partial charge is 0.342 e. The molecule has 0 aliphatic carbocycles. The summed E-state index contributed by atoms with van der Waals surface area (Å²) in [6.07, 6.45) is 2.33. The first-order valence-electron chi connectivity index (χ1n) is 7.54. The summed E-state index contributed by atoms with van der Waals surface area (Å²) in [7, 11) is 2.12. The van der Waals surface area contributed by atoms with E-state index in [9.17, 15) is 9.59 Å². The number of hydrogen-bond donors (Lipinski definition) is 1. The van der Waals surface area contributed by atoms with Gasteiger partial charge in [0.1, 0.15) is 6.04 Å². The minimum Gasteiger partial charge on any atom is -0.342 e. The molecule has 2 atom stereocenters. The molecule has 0 aromatic carbocycles. The van der Waals surface area contributed by atoms with Crippen molar-refractivity contribution < 1.29 is 9.59 Å². The van der Waals surface area contributed by atoms with Crippen LogP contribution in [0.2, 0.25) is 0 Å². The number of carbonyl (C=O) groups is 2. The van der Waals surface area contributed by atoms with E-state index < -0.39 is 6.04 Å². The minimum atomic E-state index is -0.398. The molecule has 0 saturated carbocycles. The van der Waals surface area contributed by atoms with E-state index in [1.54, 1.807) is 4.90 Å². The fourth-order valence-electron chi connectivity index (χ4n) is 3.18. The summed E-state index contributed by atoms with van der Waals surface area (Å²) < 4.78 is 0. The van der Waals surface area contributed by atoms with Crippen molar-refractivity contribution in [2.45, 2.75) is 39.7 Å². The van der Waals surface area contributed by atoms with E-state index >= 15 is 0 Å². The molecule has 0 bridgehead atoms. The fourth-order valence-corrected chi connectivity index (χ4v) is 3.18. The van der Waals surface area contributed by atoms with Crippen LogP contribution in [0.3, 0.4) is 0 Å². The smallest absolute Gasteiger partial charge is 0.246 e. The van der Waals surface area contributed by atoms with Crippen LogP contribution in [0.15, 0.2) is 0 Å². The standard InChI is InChI=1S/C15H27N3O2/c1-15(2,3)13-14(20)18(10-12(19)16-13)9-11-6-5-7-17(4)8-11/h11,13H,5-10H2,1-4H3,(H,16,19). The Labute approximate surface area is 121 Å². The highest BCUT2D eigenvalue weighted by Crippen LogP contribution is 2.25. The Hall–Kier alpha value is -1.10. The topological polar surface area (TPSA) is 52.6 Å². The SMILES string of the molecule is CN1CCCC(CN2CC(=O)NC(C(C)(C)C)C2=O)C1. The zero-order valence-electron chi connectivity index (χ0n) is 13.1. The number of hydrogen-bond acceptors (Lipinski definition) is 3. The molecule has 0 aromatic heterocycles. The molecular formula is C15H27N3O2. The minimum absolute atomic E-state index is 0.0336. The van der Waals surface area contributed by atoms with Crippen LogP contribution in [0.25, 0.3) is 0 Å². The second-order valence-electron chi connectivity index (χ2n) is 7.36. The number of piperidine rings is 1. The van der Waals surface area contributed by atoms with Crippen molar-refractivity contribution in [1.82, 2.24) is 15.1 Å². The van der Waals surface area contributed by atoms with E-state index in [-0.39, 0.29) is 23.8 Å². The highest BCUT2D eigenvalue weighted by Gasteiger charge is 2.40. The van der Waals surface area contributed by atoms with Gasteiger partial charge in [0.25, 0.3) is 0 Å². The fraction of sp³-hybridized carbons (Fsp3) is 0.867. The zero-order valence-corrected chi connectivity index (χ0v) is 13.1. The van der Waals surface area contributed by atoms with E-state index in [2.05, 4.69) is 17.3 Å². The third kappa shape index (κ3) is 3.51. The Bertz CT molecular complexity index is 389. The van der Waals surface area contributed by atoms with Gasteiger partial charge in [0.15, 0.2) is 0 Å². The van der Waals surface area contributed by atoms with Gasteiger partial charge in [-0.2, -0.15) is 0 Å². The van der Waals surface area contributed by atoms with Crippen molar-refractivity contribution in [2.75, 3.05) is 33.2 Å². The van der Waals surface area contributed by atoms with E-state index in [4.69, 9.17) is 0 Å². The van der Waals surface area contributed by atoms with E-state index in [0.29, 0.717) is 12.5 Å². The van der Waals surface area contributed by atoms with Crippen LogP contribution in [0.1, 0.15) is 33.6 Å². The molecule has 2 amide bonds. The maximum Gasteiger partial charge on any atom is 0.246 e. The first kappa shape index (κ1) is 15.3. The number of carbonyl (C=O) groups excluding carboxylic acids is 2. The number of likely N-dealkylation sites (tertiary alicyclic amines) is 1. The van der Waals surface area contributed by atoms with Crippen LogP contribution in [0, 0.1) is 11.3 Å². The normalized spacial score (nSPS) is 29.5. The Morgan fingerprint density at radius 1 is 1.30 bits per heavy atom. The van der Waals surface area contributed by atoms with E-state index in [0.717, 1.165) is 19.5 Å². The number of nitrogens with one attached hydrogen (secondary N) is 1. The molecule has 2 heterocycles. The quantitative estimate of drug-likeness (QED) is 0.811. The predicted octanol–water partition coefficient (Wildman–Crippen LogP) is 0.701. The molecule has 2 aliphatic heterocycles. The van der Waals surface area contributed by atoms with Crippen molar-refractivity contribution in [3.63, 3.8) is 0 Å². The number of nitrogens with zero attached hydrogens (tertiary/aromatic N) is 2. The summed E-state index contributed by atoms with van der Waals surface area (Å²) in [4.78, 5) is 28.5. The molecule has 0 spiro atoms. The van der Waals surface area contributed by atoms with Crippen molar-refractivity contribution >= 4 is 11.8 Å². The average Bonchev–Trinajstić information content (AvgIpc) is 2.32. The van der Waals surface area contributed by atoms with Gasteiger partial charge in [0.05, 0.1) is 6.54 Å². The molecule has 114 valence electrons. The summed E-state index contributed by atoms with van der Waals surface area (Å²) in [5.74, 6) is 0.531. The number of amides is 2. The average molecular weight is 281 g/mol. The molecule has 2 unspecified atom stereocenters. The van der Waals surface area contributed by atoms with Crippen molar-refractivity contribution in [2.24, 2.45) is 11.3 Å². The van der Waals surface area contributed by atoms with Crippen LogP contribution in [0.4, 0.5) is 0 Å². The Balaban J connectivity index is 2.03. The molecular weight excluding hydrogens is 254 g/mol. The highest BCUT2D eigenvalue weighted by molar-refractivity contribution is 5.95. The third-order valence-corrected chi connectivity index (χ3v) is 4.27. The Kier molecular flexibility index (Phi) is 4.37. The van der Waals surface area contributed by atoms with Crippen LogP contribution >= 0.6 is 0 Å². The molecule has 0 radical (unpaired) electrons. The second kappa shape index (κ2) is 5.72. The third-order valence-electron chi connectivity index (χ3n) is 4.27. The lowest BCUT2D eigenvalue weighted by atomic mass is 9.84. The maximum absolute atomic E-state index is 12.6. The van der Waals surface area contributed by atoms with Gasteiger partial charge in [0.2, 0.25) is 11.8 Å². The van der Waals surface area contributed by atoms with Gasteiger partial charge < -0.3 is 15.1 Å². The van der Waals surface area contributed by atoms with Crippen molar-refractivity contribution in [3.8, 4) is 0 Å². The van der Waals surface area contributed by atoms with E-state index in [1.807, 2.05) is 20.8 Å². The predicted molar refractivity (Wildman–Crippen MR) is 78.2 cm³/mol. The number of piperazine rings is 1. The van der Waals surface area contributed by atoms with Crippen LogP contribution < -0.4 is 5.32 Å². The van der Waals surface area contributed by atoms with Gasteiger partial charge in [-0.1, -0.05) is 20.8 Å². The number of rotatable bonds is 2. The van der Waals surface area contributed by atoms with Gasteiger partial charge >= 0.3 is 0 Å². The summed E-state index contributed by atoms with van der Waals surface area (Å²) in [6, 6.07) is -0.398. The van der Waals surface area contributed by atoms with Gasteiger partial charge in [-0.3, -0.25) is 9.59 Å². The summed E-state index contributed by atoms with van der Waals surface area (Å²) >= 11 is 0. The molecule has 0 aromatic rings. The monoisotopic (exact) mass is 281 g/mol. The van der Waals surface area contributed by atoms with Crippen molar-refractivity contribution in [1.29, 1.82) is 0 Å². The molecule has 5 heteroatoms. The first-order valence-corrected chi connectivity index (χ1v) is 7.54. The lowest BCUT2D eigenvalue weighted by molar-refractivity contribution is -0.148. The molecule has 2 aliphatic rings. The molecule has 5 nitrogen and oxygen atoms in total. The molecule has 2 saturated heterocycles. The van der Waals surface area contributed by atoms with Crippen LogP contribution in [0.5, 0.6) is 0 Å². The summed E-state index contributed by atoms with van der Waals surface area (Å²) in [6.45, 7) is 9.06. The van der Waals surface area contributed by atoms with Crippen LogP contribution in [-0.2, 0) is 9.59 Å². The summed E-state index contributed by atoms with van der Waals surface area (Å²) in [5, 5.41) is 2.84. The van der Waals surface area contributed by atoms with Gasteiger partial charge in [0, 0.05) is 13.1 Å². The van der Waals surface area contributed by atoms with Gasteiger partial charge in [-0.05, 0) is 37.8 Å². The zero-order chi connectivity index (χ0) is 14.9. The molecule has 2 fully saturated rings. The van der Waals surface area contributed by atoms with E-state index in [1.165, 1.54) is 6.42 Å². The molecule has 20 heavy (non-hydrogen) atoms. The summed E-state index contributed by atoms with van der Waals surface area (Å²) in [5.41, 5.74) is -0.241. The molecule has 2 rings (SSSR count). The maximum atomic E-state index is 12.6. The van der Waals surface area contributed by atoms with Gasteiger partial charge in [-0.15, -0.1) is 0 Å². The first-order chi connectivity index (χ1) is 9.27. The Morgan fingerprint density at radius 3 is 2.60 bits per heavy atom. The lowest BCUT2D eigenvalue weighted by Crippen LogP contribution is -2.63. The molecule has 1 N–H and O–H groups in total. The van der Waals surface area contributed by atoms with Crippen LogP contribution in [-0.4, -0.2) is 60.9 Å². The lowest BCUT2D eigenvalue weighted by Gasteiger charge is -2.41. The Morgan fingerprint density at radius 2 is 2.00 bits per heavy atom. The highest BCUT2D eigenvalue weighted by atomic mass is 16.2.